The lowest BCUT2D eigenvalue weighted by Crippen LogP contribution is -2.22. The molecule has 0 fully saturated rings. The van der Waals surface area contributed by atoms with E-state index >= 15 is 0 Å². The fraction of sp³-hybridized carbons (Fsp3) is 0.143. The number of para-hydroxylation sites is 1. The Morgan fingerprint density at radius 2 is 2.21 bits per heavy atom. The fourth-order valence-corrected chi connectivity index (χ4v) is 1.76. The number of fused-ring (bicyclic) bond motifs is 1. The van der Waals surface area contributed by atoms with Crippen molar-refractivity contribution in [2.24, 2.45) is 10.7 Å². The molecule has 19 heavy (non-hydrogen) atoms. The normalized spacial score (nSPS) is 12.7. The summed E-state index contributed by atoms with van der Waals surface area (Å²) >= 11 is 0. The van der Waals surface area contributed by atoms with Crippen LogP contribution >= 0.6 is 0 Å². The molecule has 0 bridgehead atoms. The second kappa shape index (κ2) is 5.39. The molecule has 0 unspecified atom stereocenters. The molecule has 1 aromatic heterocycles. The summed E-state index contributed by atoms with van der Waals surface area (Å²) in [6.45, 7) is 1.73. The monoisotopic (exact) mass is 256 g/mol. The molecule has 5 nitrogen and oxygen atoms in total. The number of amidine groups is 1. The van der Waals surface area contributed by atoms with Gasteiger partial charge in [-0.25, -0.2) is 4.99 Å². The molecule has 0 saturated heterocycles. The van der Waals surface area contributed by atoms with Crippen molar-refractivity contribution in [3.8, 4) is 0 Å². The molecule has 0 aliphatic heterocycles. The van der Waals surface area contributed by atoms with Crippen molar-refractivity contribution in [1.29, 1.82) is 0 Å². The summed E-state index contributed by atoms with van der Waals surface area (Å²) in [5.74, 6) is 0.899. The zero-order chi connectivity index (χ0) is 13.8. The molecular formula is C14H16N4O. The predicted molar refractivity (Wildman–Crippen MR) is 77.4 cm³/mol. The van der Waals surface area contributed by atoms with E-state index in [-0.39, 0.29) is 0 Å². The summed E-state index contributed by atoms with van der Waals surface area (Å²) in [4.78, 5) is 19.3. The summed E-state index contributed by atoms with van der Waals surface area (Å²) in [7, 11) is 1.63. The third-order valence-electron chi connectivity index (χ3n) is 2.88. The van der Waals surface area contributed by atoms with Gasteiger partial charge in [-0.1, -0.05) is 18.2 Å². The molecule has 3 N–H and O–H groups in total. The number of hydrogen-bond donors (Lipinski definition) is 2. The smallest absolute Gasteiger partial charge is 0.214 e. The fourth-order valence-electron chi connectivity index (χ4n) is 1.76. The van der Waals surface area contributed by atoms with Crippen LogP contribution in [0.3, 0.4) is 0 Å². The summed E-state index contributed by atoms with van der Waals surface area (Å²) in [6.07, 6.45) is 4.35. The predicted octanol–water partition coefficient (Wildman–Crippen LogP) is 1.93. The topological polar surface area (TPSA) is 74.5 Å². The number of rotatable bonds is 3. The molecule has 0 spiro atoms. The Labute approximate surface area is 111 Å². The van der Waals surface area contributed by atoms with Gasteiger partial charge in [0.15, 0.2) is 0 Å². The van der Waals surface area contributed by atoms with Crippen LogP contribution in [0.5, 0.6) is 0 Å². The van der Waals surface area contributed by atoms with E-state index in [2.05, 4.69) is 9.98 Å². The van der Waals surface area contributed by atoms with Gasteiger partial charge in [0.05, 0.1) is 5.52 Å². The van der Waals surface area contributed by atoms with E-state index in [0.29, 0.717) is 18.1 Å². The van der Waals surface area contributed by atoms with Crippen LogP contribution in [0, 0.1) is 0 Å². The first-order valence-corrected chi connectivity index (χ1v) is 5.88. The molecule has 0 atom stereocenters. The molecule has 0 radical (unpaired) electrons. The van der Waals surface area contributed by atoms with Gasteiger partial charge in [-0.05, 0) is 24.5 Å². The van der Waals surface area contributed by atoms with Crippen LogP contribution in [0.25, 0.3) is 17.0 Å². The molecule has 0 aliphatic carbocycles. The minimum Gasteiger partial charge on any atom is -0.384 e. The molecule has 1 heterocycles. The van der Waals surface area contributed by atoms with E-state index in [0.717, 1.165) is 16.5 Å². The van der Waals surface area contributed by atoms with Crippen LogP contribution in [0.4, 0.5) is 0 Å². The number of hydrogen-bond acceptors (Lipinski definition) is 3. The Morgan fingerprint density at radius 1 is 1.42 bits per heavy atom. The summed E-state index contributed by atoms with van der Waals surface area (Å²) in [5, 5.41) is 1.12. The number of aliphatic imine (C=N–C) groups is 1. The number of aromatic amines is 1. The Hall–Kier alpha value is -2.56. The van der Waals surface area contributed by atoms with Crippen LogP contribution < -0.4 is 5.73 Å². The first kappa shape index (κ1) is 12.9. The second-order valence-corrected chi connectivity index (χ2v) is 4.23. The van der Waals surface area contributed by atoms with Crippen LogP contribution in [0.1, 0.15) is 12.5 Å². The zero-order valence-electron chi connectivity index (χ0n) is 10.9. The number of nitrogens with two attached hydrogens (primary N) is 1. The highest BCUT2D eigenvalue weighted by molar-refractivity contribution is 5.90. The summed E-state index contributed by atoms with van der Waals surface area (Å²) in [5.41, 5.74) is 7.86. The van der Waals surface area contributed by atoms with Crippen molar-refractivity contribution in [3.63, 3.8) is 0 Å². The number of nitrogens with zero attached hydrogens (tertiary/aromatic N) is 2. The minimum absolute atomic E-state index is 0.355. The third-order valence-corrected chi connectivity index (χ3v) is 2.88. The van der Waals surface area contributed by atoms with Crippen LogP contribution in [-0.2, 0) is 4.79 Å². The van der Waals surface area contributed by atoms with E-state index in [9.17, 15) is 4.79 Å². The lowest BCUT2D eigenvalue weighted by atomic mass is 10.1. The number of H-pyrrole nitrogens is 1. The first-order valence-electron chi connectivity index (χ1n) is 5.88. The molecule has 0 aliphatic rings. The number of carbonyl (C=O) groups is 1. The number of nitrogens with one attached hydrogen (secondary N) is 1. The van der Waals surface area contributed by atoms with Gasteiger partial charge >= 0.3 is 0 Å². The van der Waals surface area contributed by atoms with Crippen molar-refractivity contribution >= 4 is 29.2 Å². The molecule has 0 saturated carbocycles. The number of carbonyl (C=O) groups excluding carboxylic acids is 1. The number of amides is 1. The maximum atomic E-state index is 10.6. The van der Waals surface area contributed by atoms with Gasteiger partial charge in [0, 0.05) is 18.8 Å². The Balaban J connectivity index is 2.35. The van der Waals surface area contributed by atoms with Gasteiger partial charge in [0.1, 0.15) is 11.7 Å². The highest BCUT2D eigenvalue weighted by Gasteiger charge is 2.01. The summed E-state index contributed by atoms with van der Waals surface area (Å²) < 4.78 is 0. The van der Waals surface area contributed by atoms with Crippen LogP contribution in [0.15, 0.2) is 41.3 Å². The molecule has 2 aromatic rings. The maximum absolute atomic E-state index is 10.6. The van der Waals surface area contributed by atoms with Gasteiger partial charge in [-0.15, -0.1) is 0 Å². The van der Waals surface area contributed by atoms with Crippen molar-refractivity contribution in [1.82, 2.24) is 9.88 Å². The summed E-state index contributed by atoms with van der Waals surface area (Å²) in [6, 6.07) is 7.94. The third kappa shape index (κ3) is 2.82. The van der Waals surface area contributed by atoms with Crippen molar-refractivity contribution in [2.75, 3.05) is 7.05 Å². The van der Waals surface area contributed by atoms with Gasteiger partial charge in [-0.3, -0.25) is 4.79 Å². The van der Waals surface area contributed by atoms with E-state index in [1.54, 1.807) is 20.0 Å². The highest BCUT2D eigenvalue weighted by Crippen LogP contribution is 2.18. The Morgan fingerprint density at radius 3 is 2.95 bits per heavy atom. The quantitative estimate of drug-likeness (QED) is 0.500. The molecule has 5 heteroatoms. The van der Waals surface area contributed by atoms with Crippen molar-refractivity contribution in [2.45, 2.75) is 6.92 Å². The number of aromatic nitrogens is 1. The van der Waals surface area contributed by atoms with E-state index in [1.165, 1.54) is 4.90 Å². The maximum Gasteiger partial charge on any atom is 0.214 e. The SMILES string of the molecule is C/C(=N/C(N)=C\c1cccc2cc[nH]c12)N(C)C=O. The largest absolute Gasteiger partial charge is 0.384 e. The van der Waals surface area contributed by atoms with Crippen LogP contribution in [-0.4, -0.2) is 29.2 Å². The lowest BCUT2D eigenvalue weighted by Gasteiger charge is -2.09. The van der Waals surface area contributed by atoms with Gasteiger partial charge < -0.3 is 15.6 Å². The lowest BCUT2D eigenvalue weighted by molar-refractivity contribution is -0.114. The van der Waals surface area contributed by atoms with Gasteiger partial charge in [0.2, 0.25) is 6.41 Å². The Kier molecular flexibility index (Phi) is 3.66. The van der Waals surface area contributed by atoms with Crippen LogP contribution in [0.2, 0.25) is 0 Å². The second-order valence-electron chi connectivity index (χ2n) is 4.23. The molecule has 1 amide bonds. The average molecular weight is 256 g/mol. The van der Waals surface area contributed by atoms with Crippen molar-refractivity contribution in [3.05, 3.63) is 41.8 Å². The van der Waals surface area contributed by atoms with E-state index in [4.69, 9.17) is 5.73 Å². The first-order chi connectivity index (χ1) is 9.11. The van der Waals surface area contributed by atoms with E-state index in [1.807, 2.05) is 30.5 Å². The minimum atomic E-state index is 0.355. The highest BCUT2D eigenvalue weighted by atomic mass is 16.1. The number of benzene rings is 1. The van der Waals surface area contributed by atoms with Gasteiger partial charge in [-0.2, -0.15) is 0 Å². The standard InChI is InChI=1S/C14H16N4O/c1-10(18(2)9-19)17-13(15)8-12-5-3-4-11-6-7-16-14(11)12/h3-9,16H,15H2,1-2H3/b13-8-,17-10-. The zero-order valence-corrected chi connectivity index (χ0v) is 10.9. The molecular weight excluding hydrogens is 240 g/mol. The average Bonchev–Trinajstić information content (AvgIpc) is 2.87. The molecule has 98 valence electrons. The molecule has 2 rings (SSSR count). The molecule has 1 aromatic carbocycles. The van der Waals surface area contributed by atoms with Crippen molar-refractivity contribution < 1.29 is 4.79 Å². The van der Waals surface area contributed by atoms with Gasteiger partial charge in [0.25, 0.3) is 0 Å². The van der Waals surface area contributed by atoms with E-state index < -0.39 is 0 Å². The Bertz CT molecular complexity index is 654.